The van der Waals surface area contributed by atoms with Gasteiger partial charge in [0.05, 0.1) is 17.3 Å². The fourth-order valence-corrected chi connectivity index (χ4v) is 3.02. The molecule has 0 radical (unpaired) electrons. The van der Waals surface area contributed by atoms with Crippen LogP contribution in [0.5, 0.6) is 0 Å². The van der Waals surface area contributed by atoms with Crippen LogP contribution in [0.1, 0.15) is 34.5 Å². The molecule has 0 bridgehead atoms. The van der Waals surface area contributed by atoms with Crippen LogP contribution in [-0.4, -0.2) is 16.4 Å². The Hall–Kier alpha value is -3.67. The number of pyridine rings is 1. The van der Waals surface area contributed by atoms with Gasteiger partial charge in [0, 0.05) is 11.8 Å². The zero-order valence-electron chi connectivity index (χ0n) is 16.4. The van der Waals surface area contributed by atoms with E-state index in [1.54, 1.807) is 49.5 Å². The van der Waals surface area contributed by atoms with E-state index in [2.05, 4.69) is 10.6 Å². The molecule has 29 heavy (non-hydrogen) atoms. The summed E-state index contributed by atoms with van der Waals surface area (Å²) in [5, 5.41) is 5.69. The number of benzene rings is 2. The Morgan fingerprint density at radius 1 is 0.966 bits per heavy atom. The third-order valence-corrected chi connectivity index (χ3v) is 4.62. The van der Waals surface area contributed by atoms with Crippen molar-refractivity contribution in [2.75, 3.05) is 5.32 Å². The monoisotopic (exact) mass is 389 g/mol. The summed E-state index contributed by atoms with van der Waals surface area (Å²) in [7, 11) is 0. The van der Waals surface area contributed by atoms with E-state index in [0.29, 0.717) is 16.8 Å². The van der Waals surface area contributed by atoms with E-state index in [-0.39, 0.29) is 30.0 Å². The van der Waals surface area contributed by atoms with E-state index in [0.717, 1.165) is 5.56 Å². The predicted molar refractivity (Wildman–Crippen MR) is 113 cm³/mol. The standard InChI is InChI=1S/C23H23N3O3/c1-16-9-8-14-26(23(16)29)15-21(27)25-20-13-7-6-12-19(20)22(28)24-17(2)18-10-4-3-5-11-18/h3-14,17H,15H2,1-2H3,(H,24,28)(H,25,27). The first-order valence-corrected chi connectivity index (χ1v) is 9.36. The Balaban J connectivity index is 1.73. The summed E-state index contributed by atoms with van der Waals surface area (Å²) in [6.45, 7) is 3.47. The highest BCUT2D eigenvalue weighted by molar-refractivity contribution is 6.03. The minimum Gasteiger partial charge on any atom is -0.345 e. The number of nitrogens with one attached hydrogen (secondary N) is 2. The van der Waals surface area contributed by atoms with Gasteiger partial charge in [-0.2, -0.15) is 0 Å². The van der Waals surface area contributed by atoms with E-state index < -0.39 is 0 Å². The molecule has 2 aromatic carbocycles. The van der Waals surface area contributed by atoms with Gasteiger partial charge in [-0.1, -0.05) is 48.5 Å². The Morgan fingerprint density at radius 2 is 1.66 bits per heavy atom. The molecule has 2 N–H and O–H groups in total. The van der Waals surface area contributed by atoms with Crippen molar-refractivity contribution < 1.29 is 9.59 Å². The van der Waals surface area contributed by atoms with Crippen LogP contribution in [0.4, 0.5) is 5.69 Å². The fourth-order valence-electron chi connectivity index (χ4n) is 3.02. The van der Waals surface area contributed by atoms with Gasteiger partial charge >= 0.3 is 0 Å². The molecule has 0 aliphatic carbocycles. The highest BCUT2D eigenvalue weighted by atomic mass is 16.2. The summed E-state index contributed by atoms with van der Waals surface area (Å²) in [6, 6.07) is 19.7. The molecule has 0 fully saturated rings. The van der Waals surface area contributed by atoms with Crippen molar-refractivity contribution in [1.29, 1.82) is 0 Å². The number of aromatic nitrogens is 1. The maximum absolute atomic E-state index is 12.8. The number of para-hydroxylation sites is 1. The van der Waals surface area contributed by atoms with Crippen LogP contribution in [0.2, 0.25) is 0 Å². The lowest BCUT2D eigenvalue weighted by Gasteiger charge is -2.16. The first-order valence-electron chi connectivity index (χ1n) is 9.36. The van der Waals surface area contributed by atoms with Crippen molar-refractivity contribution in [2.24, 2.45) is 0 Å². The first kappa shape index (κ1) is 20.1. The van der Waals surface area contributed by atoms with E-state index in [1.807, 2.05) is 37.3 Å². The molecular weight excluding hydrogens is 366 g/mol. The Labute approximate surface area is 169 Å². The molecule has 1 atom stereocenters. The fraction of sp³-hybridized carbons (Fsp3) is 0.174. The number of amides is 2. The Morgan fingerprint density at radius 3 is 2.41 bits per heavy atom. The topological polar surface area (TPSA) is 80.2 Å². The molecule has 6 heteroatoms. The normalized spacial score (nSPS) is 11.5. The summed E-state index contributed by atoms with van der Waals surface area (Å²) in [5.74, 6) is -0.668. The molecule has 2 amide bonds. The smallest absolute Gasteiger partial charge is 0.253 e. The number of carbonyl (C=O) groups excluding carboxylic acids is 2. The summed E-state index contributed by atoms with van der Waals surface area (Å²) in [5.41, 5.74) is 2.10. The molecular formula is C23H23N3O3. The lowest BCUT2D eigenvalue weighted by Crippen LogP contribution is -2.30. The minimum absolute atomic E-state index is 0.128. The molecule has 0 spiro atoms. The largest absolute Gasteiger partial charge is 0.345 e. The molecule has 148 valence electrons. The van der Waals surface area contributed by atoms with Gasteiger partial charge in [0.25, 0.3) is 11.5 Å². The quantitative estimate of drug-likeness (QED) is 0.679. The summed E-state index contributed by atoms with van der Waals surface area (Å²) in [4.78, 5) is 37.3. The Bertz CT molecular complexity index is 1070. The number of rotatable bonds is 6. The molecule has 3 aromatic rings. The molecule has 6 nitrogen and oxygen atoms in total. The summed E-state index contributed by atoms with van der Waals surface area (Å²) in [6.07, 6.45) is 1.56. The predicted octanol–water partition coefficient (Wildman–Crippen LogP) is 3.29. The molecule has 1 heterocycles. The van der Waals surface area contributed by atoms with Gasteiger partial charge in [-0.15, -0.1) is 0 Å². The number of aryl methyl sites for hydroxylation is 1. The molecule has 0 aliphatic rings. The average Bonchev–Trinajstić information content (AvgIpc) is 2.72. The molecule has 0 saturated heterocycles. The zero-order chi connectivity index (χ0) is 20.8. The summed E-state index contributed by atoms with van der Waals surface area (Å²) >= 11 is 0. The van der Waals surface area contributed by atoms with Gasteiger partial charge in [0.1, 0.15) is 6.54 Å². The van der Waals surface area contributed by atoms with Crippen molar-refractivity contribution in [3.05, 3.63) is 100.0 Å². The van der Waals surface area contributed by atoms with Crippen LogP contribution in [0.25, 0.3) is 0 Å². The van der Waals surface area contributed by atoms with Crippen LogP contribution in [0, 0.1) is 6.92 Å². The van der Waals surface area contributed by atoms with E-state index >= 15 is 0 Å². The number of carbonyl (C=O) groups is 2. The summed E-state index contributed by atoms with van der Waals surface area (Å²) < 4.78 is 1.34. The van der Waals surface area contributed by atoms with Gasteiger partial charge in [0.2, 0.25) is 5.91 Å². The third-order valence-electron chi connectivity index (χ3n) is 4.62. The maximum atomic E-state index is 12.8. The zero-order valence-corrected chi connectivity index (χ0v) is 16.4. The SMILES string of the molecule is Cc1cccn(CC(=O)Nc2ccccc2C(=O)NC(C)c2ccccc2)c1=O. The average molecular weight is 389 g/mol. The highest BCUT2D eigenvalue weighted by Crippen LogP contribution is 2.18. The van der Waals surface area contributed by atoms with Crippen LogP contribution >= 0.6 is 0 Å². The second-order valence-electron chi connectivity index (χ2n) is 6.82. The van der Waals surface area contributed by atoms with Crippen molar-refractivity contribution in [3.8, 4) is 0 Å². The van der Waals surface area contributed by atoms with Crippen LogP contribution in [0.3, 0.4) is 0 Å². The van der Waals surface area contributed by atoms with Crippen LogP contribution in [-0.2, 0) is 11.3 Å². The van der Waals surface area contributed by atoms with Gasteiger partial charge in [-0.3, -0.25) is 14.4 Å². The van der Waals surface area contributed by atoms with Crippen molar-refractivity contribution in [2.45, 2.75) is 26.4 Å². The third kappa shape index (κ3) is 4.99. The second-order valence-corrected chi connectivity index (χ2v) is 6.82. The number of nitrogens with zero attached hydrogens (tertiary/aromatic N) is 1. The van der Waals surface area contributed by atoms with Gasteiger partial charge < -0.3 is 15.2 Å². The second kappa shape index (κ2) is 9.01. The van der Waals surface area contributed by atoms with Crippen LogP contribution < -0.4 is 16.2 Å². The first-order chi connectivity index (χ1) is 14.0. The Kier molecular flexibility index (Phi) is 6.24. The van der Waals surface area contributed by atoms with Gasteiger partial charge in [-0.25, -0.2) is 0 Å². The molecule has 0 aliphatic heterocycles. The van der Waals surface area contributed by atoms with Crippen molar-refractivity contribution in [1.82, 2.24) is 9.88 Å². The molecule has 0 saturated carbocycles. The van der Waals surface area contributed by atoms with E-state index in [4.69, 9.17) is 0 Å². The number of anilines is 1. The number of hydrogen-bond acceptors (Lipinski definition) is 3. The van der Waals surface area contributed by atoms with Gasteiger partial charge in [0.15, 0.2) is 0 Å². The van der Waals surface area contributed by atoms with E-state index in [1.165, 1.54) is 4.57 Å². The lowest BCUT2D eigenvalue weighted by atomic mass is 10.1. The highest BCUT2D eigenvalue weighted by Gasteiger charge is 2.16. The van der Waals surface area contributed by atoms with Crippen molar-refractivity contribution in [3.63, 3.8) is 0 Å². The van der Waals surface area contributed by atoms with Crippen LogP contribution in [0.15, 0.2) is 77.7 Å². The lowest BCUT2D eigenvalue weighted by molar-refractivity contribution is -0.116. The molecule has 1 aromatic heterocycles. The van der Waals surface area contributed by atoms with Gasteiger partial charge in [-0.05, 0) is 37.6 Å². The van der Waals surface area contributed by atoms with E-state index in [9.17, 15) is 14.4 Å². The minimum atomic E-state index is -0.381. The molecule has 3 rings (SSSR count). The number of hydrogen-bond donors (Lipinski definition) is 2. The maximum Gasteiger partial charge on any atom is 0.253 e. The van der Waals surface area contributed by atoms with Crippen molar-refractivity contribution >= 4 is 17.5 Å². The molecule has 1 unspecified atom stereocenters.